The molecule has 2 unspecified atom stereocenters. The van der Waals surface area contributed by atoms with Crippen molar-refractivity contribution in [3.05, 3.63) is 29.8 Å². The molecule has 2 N–H and O–H groups in total. The van der Waals surface area contributed by atoms with Gasteiger partial charge in [0.15, 0.2) is 0 Å². The first kappa shape index (κ1) is 19.3. The molecule has 1 aromatic carbocycles. The number of hydrogen-bond acceptors (Lipinski definition) is 4. The number of nitrogens with zero attached hydrogens (tertiary/aromatic N) is 1. The summed E-state index contributed by atoms with van der Waals surface area (Å²) in [5.41, 5.74) is 1.01. The third kappa shape index (κ3) is 4.84. The average molecular weight is 380 g/mol. The van der Waals surface area contributed by atoms with Gasteiger partial charge in [0.1, 0.15) is 0 Å². The predicted molar refractivity (Wildman–Crippen MR) is 101 cm³/mol. The Bertz CT molecular complexity index is 721. The van der Waals surface area contributed by atoms with E-state index in [2.05, 4.69) is 10.0 Å². The minimum Gasteiger partial charge on any atom is -0.344 e. The smallest absolute Gasteiger partial charge is 0.240 e. The zero-order valence-electron chi connectivity index (χ0n) is 15.6. The fraction of sp³-hybridized carbons (Fsp3) is 0.632. The van der Waals surface area contributed by atoms with E-state index < -0.39 is 10.0 Å². The van der Waals surface area contributed by atoms with Gasteiger partial charge in [0.05, 0.1) is 4.90 Å². The minimum absolute atomic E-state index is 0.103. The van der Waals surface area contributed by atoms with E-state index in [0.29, 0.717) is 31.0 Å². The second-order valence-electron chi connectivity index (χ2n) is 7.71. The van der Waals surface area contributed by atoms with Crippen LogP contribution in [0.25, 0.3) is 0 Å². The summed E-state index contributed by atoms with van der Waals surface area (Å²) in [6.07, 6.45) is 5.18. The lowest BCUT2D eigenvalue weighted by Crippen LogP contribution is -2.41. The molecule has 2 aliphatic rings. The number of carbonyl (C=O) groups is 1. The van der Waals surface area contributed by atoms with Crippen LogP contribution in [-0.4, -0.2) is 51.4 Å². The molecule has 0 aromatic heterocycles. The number of piperidine rings is 1. The van der Waals surface area contributed by atoms with Gasteiger partial charge in [0, 0.05) is 38.6 Å². The molecule has 2 saturated heterocycles. The molecule has 0 radical (unpaired) electrons. The topological polar surface area (TPSA) is 78.5 Å². The number of rotatable bonds is 7. The van der Waals surface area contributed by atoms with Gasteiger partial charge in [0.25, 0.3) is 0 Å². The van der Waals surface area contributed by atoms with Crippen LogP contribution in [0.15, 0.2) is 29.2 Å². The summed E-state index contributed by atoms with van der Waals surface area (Å²) in [6.45, 7) is 2.51. The first-order chi connectivity index (χ1) is 12.3. The molecule has 144 valence electrons. The van der Waals surface area contributed by atoms with E-state index in [1.165, 1.54) is 12.8 Å². The molecule has 26 heavy (non-hydrogen) atoms. The molecule has 2 heterocycles. The van der Waals surface area contributed by atoms with E-state index in [4.69, 9.17) is 0 Å². The number of amides is 1. The molecule has 1 aromatic rings. The third-order valence-electron chi connectivity index (χ3n) is 5.53. The maximum Gasteiger partial charge on any atom is 0.240 e. The first-order valence-corrected chi connectivity index (χ1v) is 10.9. The monoisotopic (exact) mass is 379 g/mol. The fourth-order valence-corrected chi connectivity index (χ4v) is 5.04. The number of carbonyl (C=O) groups excluding carboxylic acids is 1. The van der Waals surface area contributed by atoms with Gasteiger partial charge in [-0.1, -0.05) is 17.7 Å². The van der Waals surface area contributed by atoms with Crippen LogP contribution in [0.5, 0.6) is 0 Å². The second kappa shape index (κ2) is 8.06. The Hall–Kier alpha value is -1.44. The number of fused-ring (bicyclic) bond motifs is 2. The third-order valence-corrected chi connectivity index (χ3v) is 7.01. The summed E-state index contributed by atoms with van der Waals surface area (Å²) in [7, 11) is -1.78. The quantitative estimate of drug-likeness (QED) is 0.755. The standard InChI is InChI=1S/C19H29N3O3S/c1-14-3-7-18(8-4-14)26(24,25)20-9-10-22(2)19(23)13-15-11-16-5-6-17(12-15)21-16/h3-4,7-8,15-17,20-21H,5-6,9-13H2,1-2H3. The number of aryl methyl sites for hydroxylation is 1. The Morgan fingerprint density at radius 2 is 1.81 bits per heavy atom. The van der Waals surface area contributed by atoms with E-state index in [1.54, 1.807) is 36.2 Å². The van der Waals surface area contributed by atoms with E-state index >= 15 is 0 Å². The van der Waals surface area contributed by atoms with Gasteiger partial charge in [0.2, 0.25) is 15.9 Å². The summed E-state index contributed by atoms with van der Waals surface area (Å²) in [5, 5.41) is 3.59. The Labute approximate surface area is 156 Å². The van der Waals surface area contributed by atoms with Crippen LogP contribution < -0.4 is 10.0 Å². The lowest BCUT2D eigenvalue weighted by molar-refractivity contribution is -0.131. The van der Waals surface area contributed by atoms with Crippen molar-refractivity contribution < 1.29 is 13.2 Å². The minimum atomic E-state index is -3.53. The van der Waals surface area contributed by atoms with Crippen molar-refractivity contribution in [1.29, 1.82) is 0 Å². The molecule has 2 atom stereocenters. The van der Waals surface area contributed by atoms with E-state index in [9.17, 15) is 13.2 Å². The Kier molecular flexibility index (Phi) is 5.99. The van der Waals surface area contributed by atoms with E-state index in [1.807, 2.05) is 6.92 Å². The van der Waals surface area contributed by atoms with Crippen LogP contribution in [0, 0.1) is 12.8 Å². The summed E-state index contributed by atoms with van der Waals surface area (Å²) < 4.78 is 27.1. The molecular formula is C19H29N3O3S. The van der Waals surface area contributed by atoms with Gasteiger partial charge >= 0.3 is 0 Å². The van der Waals surface area contributed by atoms with Crippen molar-refractivity contribution in [3.63, 3.8) is 0 Å². The highest BCUT2D eigenvalue weighted by Gasteiger charge is 2.34. The van der Waals surface area contributed by atoms with Crippen LogP contribution in [0.4, 0.5) is 0 Å². The van der Waals surface area contributed by atoms with Crippen molar-refractivity contribution in [2.24, 2.45) is 5.92 Å². The molecular weight excluding hydrogens is 350 g/mol. The maximum absolute atomic E-state index is 12.4. The Morgan fingerprint density at radius 3 is 2.42 bits per heavy atom. The SMILES string of the molecule is Cc1ccc(S(=O)(=O)NCCN(C)C(=O)CC2CC3CCC(C2)N3)cc1. The van der Waals surface area contributed by atoms with Gasteiger partial charge in [-0.25, -0.2) is 13.1 Å². The van der Waals surface area contributed by atoms with Crippen molar-refractivity contribution in [3.8, 4) is 0 Å². The summed E-state index contributed by atoms with van der Waals surface area (Å²) in [4.78, 5) is 14.3. The summed E-state index contributed by atoms with van der Waals surface area (Å²) >= 11 is 0. The van der Waals surface area contributed by atoms with Crippen molar-refractivity contribution in [2.75, 3.05) is 20.1 Å². The predicted octanol–water partition coefficient (Wildman–Crippen LogP) is 1.65. The van der Waals surface area contributed by atoms with Gasteiger partial charge in [-0.2, -0.15) is 0 Å². The molecule has 2 aliphatic heterocycles. The molecule has 2 fully saturated rings. The molecule has 7 heteroatoms. The maximum atomic E-state index is 12.4. The molecule has 2 bridgehead atoms. The lowest BCUT2D eigenvalue weighted by atomic mass is 9.89. The average Bonchev–Trinajstić information content (AvgIpc) is 2.93. The van der Waals surface area contributed by atoms with Crippen molar-refractivity contribution >= 4 is 15.9 Å². The van der Waals surface area contributed by atoms with Gasteiger partial charge in [-0.3, -0.25) is 4.79 Å². The highest BCUT2D eigenvalue weighted by molar-refractivity contribution is 7.89. The molecule has 3 rings (SSSR count). The zero-order chi connectivity index (χ0) is 18.7. The van der Waals surface area contributed by atoms with E-state index in [0.717, 1.165) is 18.4 Å². The number of hydrogen-bond donors (Lipinski definition) is 2. The number of sulfonamides is 1. The van der Waals surface area contributed by atoms with Crippen LogP contribution in [0.2, 0.25) is 0 Å². The molecule has 0 aliphatic carbocycles. The van der Waals surface area contributed by atoms with Gasteiger partial charge in [-0.05, 0) is 50.7 Å². The Morgan fingerprint density at radius 1 is 1.19 bits per heavy atom. The number of nitrogens with one attached hydrogen (secondary N) is 2. The molecule has 0 saturated carbocycles. The lowest BCUT2D eigenvalue weighted by Gasteiger charge is -2.30. The van der Waals surface area contributed by atoms with Crippen molar-refractivity contribution in [2.45, 2.75) is 56.0 Å². The first-order valence-electron chi connectivity index (χ1n) is 9.40. The van der Waals surface area contributed by atoms with Crippen LogP contribution >= 0.6 is 0 Å². The summed E-state index contributed by atoms with van der Waals surface area (Å²) in [6, 6.07) is 7.90. The molecule has 6 nitrogen and oxygen atoms in total. The fourth-order valence-electron chi connectivity index (χ4n) is 4.02. The number of likely N-dealkylation sites (N-methyl/N-ethyl adjacent to an activating group) is 1. The largest absolute Gasteiger partial charge is 0.344 e. The van der Waals surface area contributed by atoms with Gasteiger partial charge in [-0.15, -0.1) is 0 Å². The highest BCUT2D eigenvalue weighted by atomic mass is 32.2. The van der Waals surface area contributed by atoms with Crippen molar-refractivity contribution in [1.82, 2.24) is 14.9 Å². The number of benzene rings is 1. The summed E-state index contributed by atoms with van der Waals surface area (Å²) in [5.74, 6) is 0.554. The van der Waals surface area contributed by atoms with Crippen LogP contribution in [-0.2, 0) is 14.8 Å². The second-order valence-corrected chi connectivity index (χ2v) is 9.47. The van der Waals surface area contributed by atoms with E-state index in [-0.39, 0.29) is 17.3 Å². The Balaban J connectivity index is 1.43. The van der Waals surface area contributed by atoms with Crippen LogP contribution in [0.1, 0.15) is 37.7 Å². The molecule has 0 spiro atoms. The zero-order valence-corrected chi connectivity index (χ0v) is 16.4. The highest BCUT2D eigenvalue weighted by Crippen LogP contribution is 2.32. The van der Waals surface area contributed by atoms with Gasteiger partial charge < -0.3 is 10.2 Å². The normalized spacial score (nSPS) is 25.2. The van der Waals surface area contributed by atoms with Crippen LogP contribution in [0.3, 0.4) is 0 Å². The molecule has 1 amide bonds.